The van der Waals surface area contributed by atoms with Crippen molar-refractivity contribution in [2.75, 3.05) is 18.0 Å². The normalized spacial score (nSPS) is 17.3. The Morgan fingerprint density at radius 1 is 1.15 bits per heavy atom. The van der Waals surface area contributed by atoms with Crippen LogP contribution >= 0.6 is 0 Å². The van der Waals surface area contributed by atoms with Crippen molar-refractivity contribution in [3.8, 4) is 0 Å². The molecule has 0 spiro atoms. The second kappa shape index (κ2) is 3.04. The average molecular weight is 177 g/mol. The van der Waals surface area contributed by atoms with Crippen molar-refractivity contribution in [3.63, 3.8) is 0 Å². The van der Waals surface area contributed by atoms with Gasteiger partial charge in [0.05, 0.1) is 6.10 Å². The lowest BCUT2D eigenvalue weighted by Crippen LogP contribution is -2.50. The maximum Gasteiger partial charge on any atom is 0.0889 e. The molecule has 1 N–H and O–H groups in total. The van der Waals surface area contributed by atoms with Crippen molar-refractivity contribution in [1.82, 2.24) is 0 Å². The molecule has 2 heteroatoms. The van der Waals surface area contributed by atoms with E-state index < -0.39 is 0 Å². The summed E-state index contributed by atoms with van der Waals surface area (Å²) in [5.74, 6) is 0. The third-order valence-corrected chi connectivity index (χ3v) is 2.43. The molecule has 0 saturated carbocycles. The van der Waals surface area contributed by atoms with Crippen LogP contribution in [0.15, 0.2) is 18.2 Å². The molecule has 2 nitrogen and oxygen atoms in total. The second-order valence-electron chi connectivity index (χ2n) is 3.90. The van der Waals surface area contributed by atoms with E-state index in [2.05, 4.69) is 36.9 Å². The summed E-state index contributed by atoms with van der Waals surface area (Å²) < 4.78 is 0. The first-order chi connectivity index (χ1) is 6.15. The molecule has 0 unspecified atom stereocenters. The van der Waals surface area contributed by atoms with Crippen molar-refractivity contribution in [3.05, 3.63) is 29.3 Å². The number of rotatable bonds is 1. The smallest absolute Gasteiger partial charge is 0.0889 e. The number of aliphatic hydroxyl groups is 1. The highest BCUT2D eigenvalue weighted by atomic mass is 16.3. The highest BCUT2D eigenvalue weighted by Gasteiger charge is 2.24. The van der Waals surface area contributed by atoms with Gasteiger partial charge in [0.25, 0.3) is 0 Å². The molecule has 1 aliphatic heterocycles. The molecule has 1 aromatic rings. The Balaban J connectivity index is 2.21. The molecule has 0 aliphatic carbocycles. The molecule has 13 heavy (non-hydrogen) atoms. The van der Waals surface area contributed by atoms with E-state index in [4.69, 9.17) is 0 Å². The quantitative estimate of drug-likeness (QED) is 0.702. The lowest BCUT2D eigenvalue weighted by atomic mass is 10.1. The van der Waals surface area contributed by atoms with Crippen molar-refractivity contribution in [1.29, 1.82) is 0 Å². The average Bonchev–Trinajstić information content (AvgIpc) is 1.96. The van der Waals surface area contributed by atoms with Gasteiger partial charge in [-0.3, -0.25) is 0 Å². The summed E-state index contributed by atoms with van der Waals surface area (Å²) in [6.07, 6.45) is -0.124. The van der Waals surface area contributed by atoms with Crippen LogP contribution in [-0.2, 0) is 0 Å². The van der Waals surface area contributed by atoms with Crippen LogP contribution in [0, 0.1) is 13.8 Å². The zero-order valence-corrected chi connectivity index (χ0v) is 8.12. The van der Waals surface area contributed by atoms with Gasteiger partial charge in [-0.1, -0.05) is 6.07 Å². The highest BCUT2D eigenvalue weighted by Crippen LogP contribution is 2.23. The predicted molar refractivity (Wildman–Crippen MR) is 54.1 cm³/mol. The van der Waals surface area contributed by atoms with Crippen LogP contribution in [-0.4, -0.2) is 24.3 Å². The maximum absolute atomic E-state index is 9.18. The Morgan fingerprint density at radius 2 is 1.69 bits per heavy atom. The van der Waals surface area contributed by atoms with E-state index in [0.29, 0.717) is 0 Å². The molecular weight excluding hydrogens is 162 g/mol. The molecule has 0 atom stereocenters. The maximum atomic E-state index is 9.18. The van der Waals surface area contributed by atoms with Gasteiger partial charge in [-0.25, -0.2) is 0 Å². The number of aryl methyl sites for hydroxylation is 2. The van der Waals surface area contributed by atoms with E-state index in [1.807, 2.05) is 0 Å². The number of hydrogen-bond donors (Lipinski definition) is 1. The SMILES string of the molecule is Cc1cc(C)cc(N2CC(O)C2)c1. The molecule has 0 radical (unpaired) electrons. The van der Waals surface area contributed by atoms with Gasteiger partial charge in [-0.15, -0.1) is 0 Å². The van der Waals surface area contributed by atoms with Crippen LogP contribution in [0.1, 0.15) is 11.1 Å². The van der Waals surface area contributed by atoms with E-state index in [1.54, 1.807) is 0 Å². The van der Waals surface area contributed by atoms with E-state index in [0.717, 1.165) is 13.1 Å². The fourth-order valence-corrected chi connectivity index (χ4v) is 1.80. The number of β-amino-alcohol motifs (C(OH)–C–C–N with tert-alkyl or cyclic N) is 1. The molecule has 0 bridgehead atoms. The van der Waals surface area contributed by atoms with Gasteiger partial charge >= 0.3 is 0 Å². The van der Waals surface area contributed by atoms with E-state index in [-0.39, 0.29) is 6.10 Å². The zero-order chi connectivity index (χ0) is 9.42. The minimum Gasteiger partial charge on any atom is -0.389 e. The first-order valence-electron chi connectivity index (χ1n) is 4.66. The topological polar surface area (TPSA) is 23.5 Å². The third-order valence-electron chi connectivity index (χ3n) is 2.43. The van der Waals surface area contributed by atoms with Crippen molar-refractivity contribution < 1.29 is 5.11 Å². The van der Waals surface area contributed by atoms with Gasteiger partial charge in [0.2, 0.25) is 0 Å². The number of nitrogens with zero attached hydrogens (tertiary/aromatic N) is 1. The molecule has 1 saturated heterocycles. The minimum absolute atomic E-state index is 0.124. The van der Waals surface area contributed by atoms with Crippen LogP contribution in [0.5, 0.6) is 0 Å². The van der Waals surface area contributed by atoms with Gasteiger partial charge in [-0.2, -0.15) is 0 Å². The minimum atomic E-state index is -0.124. The Labute approximate surface area is 78.8 Å². The molecule has 1 aromatic carbocycles. The molecule has 1 heterocycles. The molecule has 0 aromatic heterocycles. The van der Waals surface area contributed by atoms with Crippen LogP contribution < -0.4 is 4.90 Å². The summed E-state index contributed by atoms with van der Waals surface area (Å²) in [4.78, 5) is 2.20. The molecule has 1 fully saturated rings. The Hall–Kier alpha value is -1.02. The van der Waals surface area contributed by atoms with E-state index >= 15 is 0 Å². The third kappa shape index (κ3) is 1.68. The number of benzene rings is 1. The summed E-state index contributed by atoms with van der Waals surface area (Å²) in [6.45, 7) is 5.77. The van der Waals surface area contributed by atoms with Gasteiger partial charge < -0.3 is 10.0 Å². The fourth-order valence-electron chi connectivity index (χ4n) is 1.80. The molecule has 0 amide bonds. The number of anilines is 1. The number of aliphatic hydroxyl groups excluding tert-OH is 1. The Bertz CT molecular complexity index is 296. The first-order valence-corrected chi connectivity index (χ1v) is 4.66. The molecule has 2 rings (SSSR count). The molecule has 70 valence electrons. The van der Waals surface area contributed by atoms with E-state index in [1.165, 1.54) is 16.8 Å². The van der Waals surface area contributed by atoms with Gasteiger partial charge in [0.1, 0.15) is 0 Å². The number of hydrogen-bond acceptors (Lipinski definition) is 2. The van der Waals surface area contributed by atoms with Crippen molar-refractivity contribution in [2.24, 2.45) is 0 Å². The lowest BCUT2D eigenvalue weighted by Gasteiger charge is -2.38. The van der Waals surface area contributed by atoms with Gasteiger partial charge in [0, 0.05) is 18.8 Å². The Kier molecular flexibility index (Phi) is 2.00. The van der Waals surface area contributed by atoms with Gasteiger partial charge in [0.15, 0.2) is 0 Å². The van der Waals surface area contributed by atoms with Crippen LogP contribution in [0.2, 0.25) is 0 Å². The lowest BCUT2D eigenvalue weighted by molar-refractivity contribution is 0.142. The summed E-state index contributed by atoms with van der Waals surface area (Å²) in [6, 6.07) is 6.50. The summed E-state index contributed by atoms with van der Waals surface area (Å²) >= 11 is 0. The summed E-state index contributed by atoms with van der Waals surface area (Å²) in [5, 5.41) is 9.18. The monoisotopic (exact) mass is 177 g/mol. The predicted octanol–water partition coefficient (Wildman–Crippen LogP) is 1.48. The second-order valence-corrected chi connectivity index (χ2v) is 3.90. The molecular formula is C11H15NO. The summed E-state index contributed by atoms with van der Waals surface area (Å²) in [7, 11) is 0. The van der Waals surface area contributed by atoms with Crippen LogP contribution in [0.25, 0.3) is 0 Å². The standard InChI is InChI=1S/C11H15NO/c1-8-3-9(2)5-10(4-8)12-6-11(13)7-12/h3-5,11,13H,6-7H2,1-2H3. The van der Waals surface area contributed by atoms with Crippen LogP contribution in [0.4, 0.5) is 5.69 Å². The van der Waals surface area contributed by atoms with Crippen molar-refractivity contribution >= 4 is 5.69 Å². The molecule has 1 aliphatic rings. The zero-order valence-electron chi connectivity index (χ0n) is 8.12. The van der Waals surface area contributed by atoms with Crippen molar-refractivity contribution in [2.45, 2.75) is 20.0 Å². The van der Waals surface area contributed by atoms with Crippen LogP contribution in [0.3, 0.4) is 0 Å². The summed E-state index contributed by atoms with van der Waals surface area (Å²) in [5.41, 5.74) is 3.82. The largest absolute Gasteiger partial charge is 0.389 e. The fraction of sp³-hybridized carbons (Fsp3) is 0.455. The Morgan fingerprint density at radius 3 is 2.15 bits per heavy atom. The van der Waals surface area contributed by atoms with E-state index in [9.17, 15) is 5.11 Å². The van der Waals surface area contributed by atoms with Gasteiger partial charge in [-0.05, 0) is 37.1 Å². The first kappa shape index (κ1) is 8.57. The highest BCUT2D eigenvalue weighted by molar-refractivity contribution is 5.53.